The molecule has 2 aromatic carbocycles. The number of benzene rings is 2. The maximum absolute atomic E-state index is 13.4. The number of rotatable bonds is 5. The van der Waals surface area contributed by atoms with E-state index in [4.69, 9.17) is 9.84 Å². The van der Waals surface area contributed by atoms with Crippen LogP contribution >= 0.6 is 0 Å². The van der Waals surface area contributed by atoms with Crippen LogP contribution in [0, 0.1) is 18.7 Å². The van der Waals surface area contributed by atoms with Crippen molar-refractivity contribution in [3.8, 4) is 16.9 Å². The van der Waals surface area contributed by atoms with Crippen molar-refractivity contribution in [2.45, 2.75) is 26.3 Å². The molecule has 1 aliphatic rings. The van der Waals surface area contributed by atoms with Gasteiger partial charge in [-0.2, -0.15) is 5.10 Å². The number of halogens is 1. The number of aromatic nitrogens is 2. The smallest absolute Gasteiger partial charge is 0.308 e. The zero-order valence-corrected chi connectivity index (χ0v) is 17.3. The summed E-state index contributed by atoms with van der Waals surface area (Å²) in [6.45, 7) is 4.45. The highest BCUT2D eigenvalue weighted by molar-refractivity contribution is 5.72. The summed E-state index contributed by atoms with van der Waals surface area (Å²) < 4.78 is 20.2. The van der Waals surface area contributed by atoms with Crippen molar-refractivity contribution in [1.29, 1.82) is 0 Å². The molecule has 30 heavy (non-hydrogen) atoms. The first-order valence-corrected chi connectivity index (χ1v) is 10.2. The van der Waals surface area contributed by atoms with Crippen LogP contribution in [0.4, 0.5) is 4.39 Å². The first-order valence-electron chi connectivity index (χ1n) is 10.2. The number of hydrogen-bond donors (Lipinski definition) is 0. The number of hydrogen-bond acceptors (Lipinski definition) is 4. The molecule has 0 N–H and O–H groups in total. The molecule has 1 saturated heterocycles. The summed E-state index contributed by atoms with van der Waals surface area (Å²) in [6.07, 6.45) is 3.64. The van der Waals surface area contributed by atoms with Gasteiger partial charge in [-0.05, 0) is 69.3 Å². The number of likely N-dealkylation sites (tertiary alicyclic amines) is 1. The molecule has 0 saturated carbocycles. The zero-order chi connectivity index (χ0) is 21.1. The lowest BCUT2D eigenvalue weighted by Crippen LogP contribution is -2.36. The Balaban J connectivity index is 1.60. The van der Waals surface area contributed by atoms with E-state index in [0.29, 0.717) is 0 Å². The van der Waals surface area contributed by atoms with E-state index in [1.54, 1.807) is 12.1 Å². The second-order valence-electron chi connectivity index (χ2n) is 7.86. The number of aryl methyl sites for hydroxylation is 1. The van der Waals surface area contributed by atoms with E-state index in [9.17, 15) is 9.18 Å². The average Bonchev–Trinajstić information content (AvgIpc) is 3.18. The van der Waals surface area contributed by atoms with Crippen LogP contribution in [-0.4, -0.2) is 40.8 Å². The van der Waals surface area contributed by atoms with E-state index in [2.05, 4.69) is 30.2 Å². The second-order valence-corrected chi connectivity index (χ2v) is 7.86. The van der Waals surface area contributed by atoms with Gasteiger partial charge < -0.3 is 4.74 Å². The van der Waals surface area contributed by atoms with E-state index in [-0.39, 0.29) is 17.7 Å². The van der Waals surface area contributed by atoms with E-state index < -0.39 is 0 Å². The first-order chi connectivity index (χ1) is 14.5. The number of esters is 1. The first kappa shape index (κ1) is 20.3. The minimum atomic E-state index is -0.261. The zero-order valence-electron chi connectivity index (χ0n) is 17.3. The van der Waals surface area contributed by atoms with E-state index >= 15 is 0 Å². The number of carbonyl (C=O) groups excluding carboxylic acids is 1. The molecule has 1 aromatic heterocycles. The SMILES string of the molecule is COC(=O)C1CCN(Cc2cn(-c3ccc(C)cc3)nc2-c2ccc(F)cc2)CC1. The Morgan fingerprint density at radius 1 is 1.10 bits per heavy atom. The Bertz CT molecular complexity index is 1000. The average molecular weight is 407 g/mol. The molecular weight excluding hydrogens is 381 g/mol. The maximum Gasteiger partial charge on any atom is 0.308 e. The lowest BCUT2D eigenvalue weighted by atomic mass is 9.96. The Morgan fingerprint density at radius 3 is 2.40 bits per heavy atom. The predicted molar refractivity (Wildman–Crippen MR) is 114 cm³/mol. The van der Waals surface area contributed by atoms with Crippen LogP contribution in [0.5, 0.6) is 0 Å². The lowest BCUT2D eigenvalue weighted by molar-refractivity contribution is -0.147. The van der Waals surface area contributed by atoms with Crippen molar-refractivity contribution in [1.82, 2.24) is 14.7 Å². The van der Waals surface area contributed by atoms with Crippen LogP contribution < -0.4 is 0 Å². The molecular formula is C24H26FN3O2. The van der Waals surface area contributed by atoms with Gasteiger partial charge in [0.1, 0.15) is 5.82 Å². The van der Waals surface area contributed by atoms with E-state index in [1.165, 1.54) is 24.8 Å². The summed E-state index contributed by atoms with van der Waals surface area (Å²) in [4.78, 5) is 14.1. The number of ether oxygens (including phenoxy) is 1. The molecule has 0 unspecified atom stereocenters. The molecule has 0 atom stereocenters. The summed E-state index contributed by atoms with van der Waals surface area (Å²) in [5.41, 5.74) is 5.00. The molecule has 0 radical (unpaired) electrons. The van der Waals surface area contributed by atoms with Crippen LogP contribution in [0.1, 0.15) is 24.0 Å². The fourth-order valence-corrected chi connectivity index (χ4v) is 3.94. The summed E-state index contributed by atoms with van der Waals surface area (Å²) in [5.74, 6) is -0.393. The second kappa shape index (κ2) is 8.79. The Labute approximate surface area is 176 Å². The van der Waals surface area contributed by atoms with Gasteiger partial charge in [0.25, 0.3) is 0 Å². The third kappa shape index (κ3) is 4.44. The van der Waals surface area contributed by atoms with Gasteiger partial charge in [-0.25, -0.2) is 9.07 Å². The van der Waals surface area contributed by atoms with Crippen LogP contribution in [-0.2, 0) is 16.1 Å². The Morgan fingerprint density at radius 2 is 1.77 bits per heavy atom. The third-order valence-electron chi connectivity index (χ3n) is 5.72. The summed E-state index contributed by atoms with van der Waals surface area (Å²) >= 11 is 0. The Hall–Kier alpha value is -2.99. The van der Waals surface area contributed by atoms with Gasteiger partial charge in [-0.1, -0.05) is 17.7 Å². The fourth-order valence-electron chi connectivity index (χ4n) is 3.94. The normalized spacial score (nSPS) is 15.3. The predicted octanol–water partition coefficient (Wildman–Crippen LogP) is 4.37. The summed E-state index contributed by atoms with van der Waals surface area (Å²) in [6, 6.07) is 14.7. The Kier molecular flexibility index (Phi) is 5.95. The van der Waals surface area contributed by atoms with Crippen molar-refractivity contribution in [2.24, 2.45) is 5.92 Å². The molecule has 4 rings (SSSR count). The van der Waals surface area contributed by atoms with Crippen molar-refractivity contribution in [3.63, 3.8) is 0 Å². The number of nitrogens with zero attached hydrogens (tertiary/aromatic N) is 3. The van der Waals surface area contributed by atoms with Gasteiger partial charge in [-0.3, -0.25) is 9.69 Å². The quantitative estimate of drug-likeness (QED) is 0.589. The molecule has 156 valence electrons. The van der Waals surface area contributed by atoms with Gasteiger partial charge in [0.15, 0.2) is 0 Å². The number of methoxy groups -OCH3 is 1. The van der Waals surface area contributed by atoms with E-state index in [0.717, 1.165) is 55.0 Å². The fraction of sp³-hybridized carbons (Fsp3) is 0.333. The molecule has 6 heteroatoms. The van der Waals surface area contributed by atoms with Crippen molar-refractivity contribution >= 4 is 5.97 Å². The standard InChI is InChI=1S/C24H26FN3O2/c1-17-3-9-22(10-4-17)28-16-20(23(26-28)18-5-7-21(25)8-6-18)15-27-13-11-19(12-14-27)24(29)30-2/h3-10,16,19H,11-15H2,1-2H3. The summed E-state index contributed by atoms with van der Waals surface area (Å²) in [5, 5.41) is 4.83. The number of carbonyl (C=O) groups is 1. The van der Waals surface area contributed by atoms with Crippen LogP contribution in [0.25, 0.3) is 16.9 Å². The highest BCUT2D eigenvalue weighted by atomic mass is 19.1. The van der Waals surface area contributed by atoms with Crippen molar-refractivity contribution in [3.05, 3.63) is 71.7 Å². The highest BCUT2D eigenvalue weighted by Crippen LogP contribution is 2.27. The van der Waals surface area contributed by atoms with Crippen LogP contribution in [0.15, 0.2) is 54.7 Å². The molecule has 1 fully saturated rings. The highest BCUT2D eigenvalue weighted by Gasteiger charge is 2.26. The third-order valence-corrected chi connectivity index (χ3v) is 5.72. The van der Waals surface area contributed by atoms with Gasteiger partial charge in [0, 0.05) is 23.9 Å². The molecule has 0 aliphatic carbocycles. The minimum absolute atomic E-state index is 0.0156. The topological polar surface area (TPSA) is 47.4 Å². The largest absolute Gasteiger partial charge is 0.469 e. The molecule has 1 aliphatic heterocycles. The van der Waals surface area contributed by atoms with Gasteiger partial charge in [0.2, 0.25) is 0 Å². The van der Waals surface area contributed by atoms with Gasteiger partial charge in [-0.15, -0.1) is 0 Å². The lowest BCUT2D eigenvalue weighted by Gasteiger charge is -2.30. The van der Waals surface area contributed by atoms with Crippen molar-refractivity contribution < 1.29 is 13.9 Å². The maximum atomic E-state index is 13.4. The molecule has 3 aromatic rings. The van der Waals surface area contributed by atoms with Gasteiger partial charge >= 0.3 is 5.97 Å². The monoisotopic (exact) mass is 407 g/mol. The van der Waals surface area contributed by atoms with Crippen LogP contribution in [0.3, 0.4) is 0 Å². The molecule has 5 nitrogen and oxygen atoms in total. The molecule has 0 amide bonds. The van der Waals surface area contributed by atoms with Crippen molar-refractivity contribution in [2.75, 3.05) is 20.2 Å². The number of piperidine rings is 1. The van der Waals surface area contributed by atoms with Crippen LogP contribution in [0.2, 0.25) is 0 Å². The summed E-state index contributed by atoms with van der Waals surface area (Å²) in [7, 11) is 1.45. The van der Waals surface area contributed by atoms with E-state index in [1.807, 2.05) is 16.8 Å². The molecule has 2 heterocycles. The minimum Gasteiger partial charge on any atom is -0.469 e. The molecule has 0 bridgehead atoms. The molecule has 0 spiro atoms. The van der Waals surface area contributed by atoms with Gasteiger partial charge in [0.05, 0.1) is 24.4 Å².